The van der Waals surface area contributed by atoms with Crippen molar-refractivity contribution in [2.45, 2.75) is 19.3 Å². The molecule has 0 saturated carbocycles. The molecule has 4 nitrogen and oxygen atoms in total. The van der Waals surface area contributed by atoms with Crippen LogP contribution in [0, 0.1) is 0 Å². The van der Waals surface area contributed by atoms with Crippen LogP contribution in [0.3, 0.4) is 0 Å². The highest BCUT2D eigenvalue weighted by Gasteiger charge is 1.93. The fraction of sp³-hybridized carbons (Fsp3) is 0.667. The number of unbranched alkanes of at least 4 members (excludes halogenated alkanes) is 1. The van der Waals surface area contributed by atoms with Gasteiger partial charge >= 0.3 is 5.97 Å². The van der Waals surface area contributed by atoms with Crippen molar-refractivity contribution in [2.75, 3.05) is 6.54 Å². The summed E-state index contributed by atoms with van der Waals surface area (Å²) in [6.45, 7) is 0.629. The molecule has 0 amide bonds. The van der Waals surface area contributed by atoms with Crippen molar-refractivity contribution in [3.8, 4) is 0 Å². The van der Waals surface area contributed by atoms with Gasteiger partial charge in [-0.1, -0.05) is 0 Å². The summed E-state index contributed by atoms with van der Waals surface area (Å²) in [5, 5.41) is 8.21. The van der Waals surface area contributed by atoms with E-state index in [0.29, 0.717) is 13.0 Å². The topological polar surface area (TPSA) is 75.7 Å². The summed E-state index contributed by atoms with van der Waals surface area (Å²) < 4.78 is 0. The van der Waals surface area contributed by atoms with Crippen LogP contribution in [0.5, 0.6) is 0 Å². The van der Waals surface area contributed by atoms with Crippen LogP contribution in [-0.2, 0) is 4.79 Å². The summed E-state index contributed by atoms with van der Waals surface area (Å²) in [7, 11) is 0. The lowest BCUT2D eigenvalue weighted by Gasteiger charge is -1.91. The summed E-state index contributed by atoms with van der Waals surface area (Å²) in [5.41, 5.74) is 4.96. The van der Waals surface area contributed by atoms with Gasteiger partial charge in [0.05, 0.1) is 6.34 Å². The number of rotatable bonds is 5. The smallest absolute Gasteiger partial charge is 0.303 e. The number of aliphatic imine (C=N–C) groups is 1. The van der Waals surface area contributed by atoms with Gasteiger partial charge in [-0.15, -0.1) is 0 Å². The van der Waals surface area contributed by atoms with Gasteiger partial charge in [-0.05, 0) is 12.8 Å². The van der Waals surface area contributed by atoms with Crippen LogP contribution < -0.4 is 5.73 Å². The molecule has 0 aromatic rings. The number of carbonyl (C=O) groups is 1. The van der Waals surface area contributed by atoms with Crippen molar-refractivity contribution in [2.24, 2.45) is 10.7 Å². The highest BCUT2D eigenvalue weighted by atomic mass is 16.4. The number of carboxylic acid groups (broad SMARTS) is 1. The van der Waals surface area contributed by atoms with Gasteiger partial charge in [-0.3, -0.25) is 9.79 Å². The van der Waals surface area contributed by atoms with Crippen LogP contribution in [0.15, 0.2) is 4.99 Å². The summed E-state index contributed by atoms with van der Waals surface area (Å²) in [6, 6.07) is 0. The molecule has 0 radical (unpaired) electrons. The number of nitrogens with two attached hydrogens (primary N) is 1. The molecule has 0 aliphatic rings. The van der Waals surface area contributed by atoms with Gasteiger partial charge in [-0.2, -0.15) is 0 Å². The minimum atomic E-state index is -0.753. The molecule has 4 heteroatoms. The Morgan fingerprint density at radius 2 is 2.30 bits per heavy atom. The van der Waals surface area contributed by atoms with E-state index in [0.717, 1.165) is 6.42 Å². The predicted molar refractivity (Wildman–Crippen MR) is 39.0 cm³/mol. The van der Waals surface area contributed by atoms with E-state index in [4.69, 9.17) is 10.8 Å². The van der Waals surface area contributed by atoms with E-state index in [9.17, 15) is 4.79 Å². The maximum absolute atomic E-state index is 9.97. The van der Waals surface area contributed by atoms with E-state index in [1.165, 1.54) is 6.34 Å². The van der Waals surface area contributed by atoms with Crippen LogP contribution in [0.4, 0.5) is 0 Å². The second-order valence-corrected chi connectivity index (χ2v) is 1.91. The molecule has 0 atom stereocenters. The zero-order valence-corrected chi connectivity index (χ0v) is 5.79. The van der Waals surface area contributed by atoms with E-state index in [1.807, 2.05) is 0 Å². The number of hydrogen-bond donors (Lipinski definition) is 2. The largest absolute Gasteiger partial charge is 0.481 e. The van der Waals surface area contributed by atoms with E-state index < -0.39 is 5.97 Å². The Bertz CT molecular complexity index is 123. The molecule has 0 aromatic heterocycles. The lowest BCUT2D eigenvalue weighted by Crippen LogP contribution is -1.95. The zero-order chi connectivity index (χ0) is 7.82. The first-order chi connectivity index (χ1) is 4.77. The molecule has 0 unspecified atom stereocenters. The lowest BCUT2D eigenvalue weighted by molar-refractivity contribution is -0.137. The SMILES string of the molecule is NC=NCCCCC(=O)O. The van der Waals surface area contributed by atoms with Crippen LogP contribution in [0.1, 0.15) is 19.3 Å². The summed E-state index contributed by atoms with van der Waals surface area (Å²) in [5.74, 6) is -0.753. The van der Waals surface area contributed by atoms with Gasteiger partial charge in [0.2, 0.25) is 0 Å². The Balaban J connectivity index is 2.98. The van der Waals surface area contributed by atoms with Crippen molar-refractivity contribution < 1.29 is 9.90 Å². The molecule has 58 valence electrons. The molecule has 3 N–H and O–H groups in total. The Morgan fingerprint density at radius 1 is 1.60 bits per heavy atom. The maximum Gasteiger partial charge on any atom is 0.303 e. The Kier molecular flexibility index (Phi) is 5.42. The van der Waals surface area contributed by atoms with Crippen molar-refractivity contribution >= 4 is 12.3 Å². The zero-order valence-electron chi connectivity index (χ0n) is 5.79. The van der Waals surface area contributed by atoms with E-state index >= 15 is 0 Å². The average molecular weight is 144 g/mol. The first-order valence-corrected chi connectivity index (χ1v) is 3.19. The van der Waals surface area contributed by atoms with Gasteiger partial charge < -0.3 is 10.8 Å². The predicted octanol–water partition coefficient (Wildman–Crippen LogP) is 0.228. The molecule has 10 heavy (non-hydrogen) atoms. The second kappa shape index (κ2) is 6.07. The molecular weight excluding hydrogens is 132 g/mol. The number of hydrogen-bond acceptors (Lipinski definition) is 2. The molecule has 0 saturated heterocycles. The Labute approximate surface area is 59.8 Å². The van der Waals surface area contributed by atoms with E-state index in [-0.39, 0.29) is 6.42 Å². The van der Waals surface area contributed by atoms with Crippen LogP contribution >= 0.6 is 0 Å². The van der Waals surface area contributed by atoms with E-state index in [2.05, 4.69) is 4.99 Å². The minimum absolute atomic E-state index is 0.222. The Hall–Kier alpha value is -1.06. The van der Waals surface area contributed by atoms with Gasteiger partial charge in [0, 0.05) is 13.0 Å². The molecule has 0 fully saturated rings. The highest BCUT2D eigenvalue weighted by molar-refractivity contribution is 5.66. The summed E-state index contributed by atoms with van der Waals surface area (Å²) >= 11 is 0. The molecule has 0 aromatic carbocycles. The molecule has 0 rings (SSSR count). The van der Waals surface area contributed by atoms with Crippen LogP contribution in [0.2, 0.25) is 0 Å². The van der Waals surface area contributed by atoms with Gasteiger partial charge in [0.25, 0.3) is 0 Å². The van der Waals surface area contributed by atoms with Crippen molar-refractivity contribution in [3.05, 3.63) is 0 Å². The first-order valence-electron chi connectivity index (χ1n) is 3.19. The highest BCUT2D eigenvalue weighted by Crippen LogP contribution is 1.94. The molecule has 0 aliphatic heterocycles. The third-order valence-corrected chi connectivity index (χ3v) is 1.03. The number of aliphatic carboxylic acids is 1. The molecular formula is C6H12N2O2. The van der Waals surface area contributed by atoms with Crippen molar-refractivity contribution in [1.29, 1.82) is 0 Å². The third kappa shape index (κ3) is 6.94. The van der Waals surface area contributed by atoms with Gasteiger partial charge in [0.15, 0.2) is 0 Å². The normalized spacial score (nSPS) is 10.4. The number of nitrogens with zero attached hydrogens (tertiary/aromatic N) is 1. The fourth-order valence-corrected chi connectivity index (χ4v) is 0.554. The summed E-state index contributed by atoms with van der Waals surface area (Å²) in [4.78, 5) is 13.7. The first kappa shape index (κ1) is 8.94. The summed E-state index contributed by atoms with van der Waals surface area (Å²) in [6.07, 6.45) is 2.92. The minimum Gasteiger partial charge on any atom is -0.481 e. The van der Waals surface area contributed by atoms with E-state index in [1.54, 1.807) is 0 Å². The van der Waals surface area contributed by atoms with Gasteiger partial charge in [0.1, 0.15) is 0 Å². The van der Waals surface area contributed by atoms with Crippen LogP contribution in [-0.4, -0.2) is 24.0 Å². The lowest BCUT2D eigenvalue weighted by atomic mass is 10.2. The van der Waals surface area contributed by atoms with Crippen molar-refractivity contribution in [1.82, 2.24) is 0 Å². The second-order valence-electron chi connectivity index (χ2n) is 1.91. The number of carboxylic acids is 1. The molecule has 0 bridgehead atoms. The fourth-order valence-electron chi connectivity index (χ4n) is 0.554. The molecule has 0 spiro atoms. The standard InChI is InChI=1S/C6H12N2O2/c7-5-8-4-2-1-3-6(9)10/h5H,1-4H2,(H2,7,8)(H,9,10). The molecule has 0 heterocycles. The third-order valence-electron chi connectivity index (χ3n) is 1.03. The van der Waals surface area contributed by atoms with Crippen LogP contribution in [0.25, 0.3) is 0 Å². The Morgan fingerprint density at radius 3 is 2.80 bits per heavy atom. The van der Waals surface area contributed by atoms with Gasteiger partial charge in [-0.25, -0.2) is 0 Å². The average Bonchev–Trinajstić information content (AvgIpc) is 1.87. The monoisotopic (exact) mass is 144 g/mol. The maximum atomic E-state index is 9.97. The molecule has 0 aliphatic carbocycles. The van der Waals surface area contributed by atoms with Crippen molar-refractivity contribution in [3.63, 3.8) is 0 Å². The quantitative estimate of drug-likeness (QED) is 0.329.